The molecule has 178 valence electrons. The van der Waals surface area contributed by atoms with E-state index in [0.29, 0.717) is 31.6 Å². The van der Waals surface area contributed by atoms with Crippen LogP contribution in [0, 0.1) is 0 Å². The van der Waals surface area contributed by atoms with E-state index in [1.54, 1.807) is 70.4 Å². The first kappa shape index (κ1) is 23.5. The normalized spacial score (nSPS) is 20.7. The molecule has 2 aromatic carbocycles. The van der Waals surface area contributed by atoms with Gasteiger partial charge in [-0.1, -0.05) is 30.3 Å². The number of benzene rings is 2. The maximum absolute atomic E-state index is 13.6. The molecule has 3 N–H and O–H groups in total. The Labute approximate surface area is 198 Å². The number of nitrogens with one attached hydrogen (secondary N) is 2. The molecule has 3 amide bonds. The smallest absolute Gasteiger partial charge is 0.251 e. The first-order valence-electron chi connectivity index (χ1n) is 11.2. The number of hydrogen-bond donors (Lipinski definition) is 3. The number of hydrogen-bond acceptors (Lipinski definition) is 6. The number of aromatic hydroxyl groups is 1. The second-order valence-corrected chi connectivity index (χ2v) is 8.50. The van der Waals surface area contributed by atoms with Gasteiger partial charge in [-0.3, -0.25) is 14.4 Å². The van der Waals surface area contributed by atoms with Gasteiger partial charge in [0.25, 0.3) is 5.91 Å². The van der Waals surface area contributed by atoms with Gasteiger partial charge in [0.15, 0.2) is 0 Å². The van der Waals surface area contributed by atoms with Crippen LogP contribution in [-0.2, 0) is 22.6 Å². The van der Waals surface area contributed by atoms with Crippen LogP contribution in [0.1, 0.15) is 21.5 Å². The predicted octanol–water partition coefficient (Wildman–Crippen LogP) is 0.866. The maximum Gasteiger partial charge on any atom is 0.251 e. The highest BCUT2D eigenvalue weighted by Gasteiger charge is 2.46. The number of rotatable bonds is 7. The van der Waals surface area contributed by atoms with Crippen LogP contribution in [0.25, 0.3) is 0 Å². The van der Waals surface area contributed by atoms with Gasteiger partial charge < -0.3 is 20.2 Å². The number of phenolic OH excluding ortho intramolecular Hbond substituents is 1. The molecule has 2 saturated heterocycles. The largest absolute Gasteiger partial charge is 0.508 e. The Kier molecular flexibility index (Phi) is 6.95. The summed E-state index contributed by atoms with van der Waals surface area (Å²) in [6.07, 6.45) is 1.67. The standard InChI is InChI=1S/C25H29N5O4/c1-3-11-29-16-23(32)30-21(13-17-7-9-20(31)10-8-17)25(34)28(15-22(30)27-29)14-18-5-4-6-19(12-18)24(33)26-2/h3-10,12,21-22,27,31H,1,11,13-16H2,2H3,(H,26,33)/t21-,22?/m0/s1. The van der Waals surface area contributed by atoms with Crippen LogP contribution in [-0.4, -0.2) is 76.5 Å². The SMILES string of the molecule is C=CCN1CC(=O)N2C(CN(Cc3cccc(C(=O)NC)c3)C(=O)[C@@H]2Cc2ccc(O)cc2)N1. The molecule has 2 atom stereocenters. The van der Waals surface area contributed by atoms with Gasteiger partial charge in [0.2, 0.25) is 11.8 Å². The van der Waals surface area contributed by atoms with Crippen molar-refractivity contribution in [3.05, 3.63) is 77.9 Å². The number of carbonyl (C=O) groups is 3. The molecule has 0 saturated carbocycles. The number of nitrogens with zero attached hydrogens (tertiary/aromatic N) is 3. The second kappa shape index (κ2) is 10.1. The summed E-state index contributed by atoms with van der Waals surface area (Å²) in [5, 5.41) is 14.0. The minimum Gasteiger partial charge on any atom is -0.508 e. The van der Waals surface area contributed by atoms with Gasteiger partial charge in [0.05, 0.1) is 13.1 Å². The van der Waals surface area contributed by atoms with Gasteiger partial charge in [0.1, 0.15) is 18.0 Å². The van der Waals surface area contributed by atoms with E-state index in [9.17, 15) is 19.5 Å². The highest BCUT2D eigenvalue weighted by molar-refractivity contribution is 5.94. The molecule has 2 aliphatic rings. The van der Waals surface area contributed by atoms with E-state index in [1.807, 2.05) is 6.07 Å². The molecule has 0 radical (unpaired) electrons. The van der Waals surface area contributed by atoms with Crippen molar-refractivity contribution >= 4 is 17.7 Å². The zero-order valence-electron chi connectivity index (χ0n) is 19.1. The van der Waals surface area contributed by atoms with Crippen LogP contribution < -0.4 is 10.7 Å². The Hall–Kier alpha value is -3.69. The van der Waals surface area contributed by atoms with E-state index in [2.05, 4.69) is 17.3 Å². The summed E-state index contributed by atoms with van der Waals surface area (Å²) in [6, 6.07) is 13.2. The number of phenols is 1. The topological polar surface area (TPSA) is 105 Å². The van der Waals surface area contributed by atoms with Gasteiger partial charge >= 0.3 is 0 Å². The molecule has 34 heavy (non-hydrogen) atoms. The summed E-state index contributed by atoms with van der Waals surface area (Å²) < 4.78 is 0. The van der Waals surface area contributed by atoms with Crippen molar-refractivity contribution < 1.29 is 19.5 Å². The monoisotopic (exact) mass is 463 g/mol. The molecule has 2 fully saturated rings. The Morgan fingerprint density at radius 2 is 1.97 bits per heavy atom. The number of carbonyl (C=O) groups excluding carboxylic acids is 3. The van der Waals surface area contributed by atoms with Gasteiger partial charge in [-0.05, 0) is 35.4 Å². The molecule has 9 heteroatoms. The van der Waals surface area contributed by atoms with Crippen molar-refractivity contribution in [3.8, 4) is 5.75 Å². The van der Waals surface area contributed by atoms with Gasteiger partial charge in [-0.2, -0.15) is 0 Å². The summed E-state index contributed by atoms with van der Waals surface area (Å²) >= 11 is 0. The average molecular weight is 464 g/mol. The van der Waals surface area contributed by atoms with Gasteiger partial charge in [-0.25, -0.2) is 10.4 Å². The van der Waals surface area contributed by atoms with Crippen molar-refractivity contribution in [3.63, 3.8) is 0 Å². The van der Waals surface area contributed by atoms with Crippen molar-refractivity contribution in [2.45, 2.75) is 25.2 Å². The van der Waals surface area contributed by atoms with Crippen LogP contribution in [0.2, 0.25) is 0 Å². The van der Waals surface area contributed by atoms with E-state index in [-0.39, 0.29) is 36.2 Å². The Morgan fingerprint density at radius 3 is 2.68 bits per heavy atom. The van der Waals surface area contributed by atoms with Gasteiger partial charge in [0, 0.05) is 32.1 Å². The van der Waals surface area contributed by atoms with Crippen molar-refractivity contribution in [2.24, 2.45) is 0 Å². The molecular formula is C25H29N5O4. The summed E-state index contributed by atoms with van der Waals surface area (Å²) in [5.41, 5.74) is 5.56. The van der Waals surface area contributed by atoms with Gasteiger partial charge in [-0.15, -0.1) is 6.58 Å². The minimum atomic E-state index is -0.684. The second-order valence-electron chi connectivity index (χ2n) is 8.50. The summed E-state index contributed by atoms with van der Waals surface area (Å²) in [4.78, 5) is 42.1. The minimum absolute atomic E-state index is 0.121. The predicted molar refractivity (Wildman–Crippen MR) is 126 cm³/mol. The molecule has 9 nitrogen and oxygen atoms in total. The maximum atomic E-state index is 13.6. The van der Waals surface area contributed by atoms with E-state index in [4.69, 9.17) is 0 Å². The first-order valence-corrected chi connectivity index (χ1v) is 11.2. The highest BCUT2D eigenvalue weighted by Crippen LogP contribution is 2.25. The Balaban J connectivity index is 1.62. The lowest BCUT2D eigenvalue weighted by Crippen LogP contribution is -2.74. The highest BCUT2D eigenvalue weighted by atomic mass is 16.3. The van der Waals surface area contributed by atoms with Crippen LogP contribution >= 0.6 is 0 Å². The molecule has 0 aliphatic carbocycles. The summed E-state index contributed by atoms with van der Waals surface area (Å²) in [5.74, 6) is -0.321. The molecule has 1 unspecified atom stereocenters. The molecule has 0 spiro atoms. The van der Waals surface area contributed by atoms with Crippen molar-refractivity contribution in [1.29, 1.82) is 0 Å². The van der Waals surface area contributed by atoms with E-state index in [1.165, 1.54) is 0 Å². The molecular weight excluding hydrogens is 434 g/mol. The summed E-state index contributed by atoms with van der Waals surface area (Å²) in [7, 11) is 1.58. The third-order valence-electron chi connectivity index (χ3n) is 6.11. The zero-order valence-corrected chi connectivity index (χ0v) is 19.1. The molecule has 0 aromatic heterocycles. The van der Waals surface area contributed by atoms with Crippen LogP contribution in [0.4, 0.5) is 0 Å². The molecule has 2 heterocycles. The fourth-order valence-electron chi connectivity index (χ4n) is 4.52. The third-order valence-corrected chi connectivity index (χ3v) is 6.11. The fourth-order valence-corrected chi connectivity index (χ4v) is 4.52. The van der Waals surface area contributed by atoms with Crippen molar-refractivity contribution in [1.82, 2.24) is 25.6 Å². The average Bonchev–Trinajstić information content (AvgIpc) is 2.82. The summed E-state index contributed by atoms with van der Waals surface area (Å²) in [6.45, 7) is 5.03. The quantitative estimate of drug-likeness (QED) is 0.527. The Bertz CT molecular complexity index is 1090. The lowest BCUT2D eigenvalue weighted by Gasteiger charge is -2.50. The number of amides is 3. The molecule has 2 aliphatic heterocycles. The lowest BCUT2D eigenvalue weighted by molar-refractivity contribution is -0.168. The van der Waals surface area contributed by atoms with E-state index in [0.717, 1.165) is 11.1 Å². The lowest BCUT2D eigenvalue weighted by atomic mass is 9.98. The van der Waals surface area contributed by atoms with E-state index < -0.39 is 6.04 Å². The van der Waals surface area contributed by atoms with E-state index >= 15 is 0 Å². The number of fused-ring (bicyclic) bond motifs is 1. The number of piperazine rings is 1. The van der Waals surface area contributed by atoms with Crippen LogP contribution in [0.3, 0.4) is 0 Å². The van der Waals surface area contributed by atoms with Crippen LogP contribution in [0.5, 0.6) is 5.75 Å². The first-order chi connectivity index (χ1) is 16.4. The zero-order chi connectivity index (χ0) is 24.2. The van der Waals surface area contributed by atoms with Crippen LogP contribution in [0.15, 0.2) is 61.2 Å². The third kappa shape index (κ3) is 4.95. The van der Waals surface area contributed by atoms with Crippen molar-refractivity contribution in [2.75, 3.05) is 26.7 Å². The fraction of sp³-hybridized carbons (Fsp3) is 0.320. The molecule has 4 rings (SSSR count). The molecule has 0 bridgehead atoms. The Morgan fingerprint density at radius 1 is 1.21 bits per heavy atom. The molecule has 2 aromatic rings. The number of hydrazine groups is 1.